The summed E-state index contributed by atoms with van der Waals surface area (Å²) in [5.74, 6) is 0.476. The molecule has 2 atom stereocenters. The molecule has 1 fully saturated rings. The van der Waals surface area contributed by atoms with Crippen LogP contribution in [0.15, 0.2) is 18.2 Å². The number of benzene rings is 1. The smallest absolute Gasteiger partial charge is 0.123 e. The Morgan fingerprint density at radius 1 is 1.37 bits per heavy atom. The fraction of sp³-hybridized carbons (Fsp3) is 0.625. The first kappa shape index (κ1) is 14.5. The lowest BCUT2D eigenvalue weighted by molar-refractivity contribution is 0.0188. The SMILES string of the molecule is CCNC(c1ccc(F)cc1C)C(OCC)C1CC1. The Bertz CT molecular complexity index is 417. The van der Waals surface area contributed by atoms with Crippen molar-refractivity contribution in [3.8, 4) is 0 Å². The van der Waals surface area contributed by atoms with Crippen LogP contribution in [0.2, 0.25) is 0 Å². The number of nitrogens with one attached hydrogen (secondary N) is 1. The van der Waals surface area contributed by atoms with Crippen molar-refractivity contribution in [3.63, 3.8) is 0 Å². The zero-order valence-corrected chi connectivity index (χ0v) is 12.1. The third-order valence-corrected chi connectivity index (χ3v) is 3.77. The highest BCUT2D eigenvalue weighted by molar-refractivity contribution is 5.31. The van der Waals surface area contributed by atoms with Crippen LogP contribution < -0.4 is 5.32 Å². The number of halogens is 1. The monoisotopic (exact) mass is 265 g/mol. The average Bonchev–Trinajstić information content (AvgIpc) is 3.18. The number of ether oxygens (including phenoxy) is 1. The van der Waals surface area contributed by atoms with E-state index in [9.17, 15) is 4.39 Å². The lowest BCUT2D eigenvalue weighted by Gasteiger charge is -2.29. The maximum Gasteiger partial charge on any atom is 0.123 e. The van der Waals surface area contributed by atoms with E-state index in [1.54, 1.807) is 12.1 Å². The molecule has 2 unspecified atom stereocenters. The average molecular weight is 265 g/mol. The summed E-state index contributed by atoms with van der Waals surface area (Å²) in [5, 5.41) is 3.52. The van der Waals surface area contributed by atoms with Gasteiger partial charge in [-0.3, -0.25) is 0 Å². The minimum atomic E-state index is -0.170. The van der Waals surface area contributed by atoms with E-state index in [4.69, 9.17) is 4.74 Å². The second kappa shape index (κ2) is 6.49. The molecule has 1 aromatic carbocycles. The van der Waals surface area contributed by atoms with Crippen LogP contribution in [0, 0.1) is 18.7 Å². The molecule has 1 saturated carbocycles. The minimum absolute atomic E-state index is 0.165. The zero-order valence-electron chi connectivity index (χ0n) is 12.1. The molecule has 1 aliphatic rings. The van der Waals surface area contributed by atoms with Gasteiger partial charge >= 0.3 is 0 Å². The molecule has 0 heterocycles. The van der Waals surface area contributed by atoms with E-state index >= 15 is 0 Å². The molecule has 106 valence electrons. The van der Waals surface area contributed by atoms with Gasteiger partial charge in [-0.15, -0.1) is 0 Å². The fourth-order valence-corrected chi connectivity index (χ4v) is 2.73. The molecule has 0 aliphatic heterocycles. The van der Waals surface area contributed by atoms with Crippen molar-refractivity contribution < 1.29 is 9.13 Å². The van der Waals surface area contributed by atoms with E-state index in [2.05, 4.69) is 12.2 Å². The van der Waals surface area contributed by atoms with Crippen molar-refractivity contribution >= 4 is 0 Å². The Balaban J connectivity index is 2.26. The quantitative estimate of drug-likeness (QED) is 0.813. The Morgan fingerprint density at radius 3 is 2.63 bits per heavy atom. The number of likely N-dealkylation sites (N-methyl/N-ethyl adjacent to an activating group) is 1. The van der Waals surface area contributed by atoms with Crippen molar-refractivity contribution in [3.05, 3.63) is 35.1 Å². The van der Waals surface area contributed by atoms with Gasteiger partial charge in [0.15, 0.2) is 0 Å². The predicted molar refractivity (Wildman–Crippen MR) is 75.7 cm³/mol. The van der Waals surface area contributed by atoms with Crippen molar-refractivity contribution in [2.45, 2.75) is 45.8 Å². The molecule has 19 heavy (non-hydrogen) atoms. The van der Waals surface area contributed by atoms with Crippen LogP contribution in [0.25, 0.3) is 0 Å². The van der Waals surface area contributed by atoms with Gasteiger partial charge < -0.3 is 10.1 Å². The fourth-order valence-electron chi connectivity index (χ4n) is 2.73. The van der Waals surface area contributed by atoms with Gasteiger partial charge in [0.25, 0.3) is 0 Å². The van der Waals surface area contributed by atoms with Gasteiger partial charge in [-0.25, -0.2) is 4.39 Å². The van der Waals surface area contributed by atoms with Gasteiger partial charge in [-0.1, -0.05) is 13.0 Å². The number of aryl methyl sites for hydroxylation is 1. The summed E-state index contributed by atoms with van der Waals surface area (Å²) in [6, 6.07) is 5.21. The molecule has 3 heteroatoms. The summed E-state index contributed by atoms with van der Waals surface area (Å²) in [4.78, 5) is 0. The van der Waals surface area contributed by atoms with Crippen LogP contribution in [0.1, 0.15) is 43.9 Å². The van der Waals surface area contributed by atoms with E-state index in [1.165, 1.54) is 12.8 Å². The number of hydrogen-bond acceptors (Lipinski definition) is 2. The molecule has 0 saturated heterocycles. The standard InChI is InChI=1S/C16H24FNO/c1-4-18-15(16(19-5-2)12-6-7-12)14-9-8-13(17)10-11(14)3/h8-10,12,15-16,18H,4-7H2,1-3H3. The normalized spacial score (nSPS) is 18.3. The summed E-state index contributed by atoms with van der Waals surface area (Å²) in [6.45, 7) is 7.72. The van der Waals surface area contributed by atoms with Crippen molar-refractivity contribution in [2.75, 3.05) is 13.2 Å². The molecule has 0 bridgehead atoms. The van der Waals surface area contributed by atoms with Crippen LogP contribution >= 0.6 is 0 Å². The number of rotatable bonds is 7. The Kier molecular flexibility index (Phi) is 4.94. The molecule has 0 amide bonds. The van der Waals surface area contributed by atoms with Crippen LogP contribution in [-0.2, 0) is 4.74 Å². The summed E-state index contributed by atoms with van der Waals surface area (Å²) >= 11 is 0. The van der Waals surface area contributed by atoms with Crippen molar-refractivity contribution in [2.24, 2.45) is 5.92 Å². The Hall–Kier alpha value is -0.930. The molecular weight excluding hydrogens is 241 g/mol. The van der Waals surface area contributed by atoms with Gasteiger partial charge in [-0.05, 0) is 62.4 Å². The van der Waals surface area contributed by atoms with E-state index < -0.39 is 0 Å². The maximum atomic E-state index is 13.3. The van der Waals surface area contributed by atoms with Crippen LogP contribution in [0.5, 0.6) is 0 Å². The van der Waals surface area contributed by atoms with Crippen LogP contribution in [0.3, 0.4) is 0 Å². The maximum absolute atomic E-state index is 13.3. The highest BCUT2D eigenvalue weighted by atomic mass is 19.1. The highest BCUT2D eigenvalue weighted by Crippen LogP contribution is 2.40. The minimum Gasteiger partial charge on any atom is -0.376 e. The van der Waals surface area contributed by atoms with Gasteiger partial charge in [0, 0.05) is 6.61 Å². The Morgan fingerprint density at radius 2 is 2.11 bits per heavy atom. The van der Waals surface area contributed by atoms with Gasteiger partial charge in [0.1, 0.15) is 5.82 Å². The second-order valence-corrected chi connectivity index (χ2v) is 5.29. The first-order valence-electron chi connectivity index (χ1n) is 7.28. The molecular formula is C16H24FNO. The van der Waals surface area contributed by atoms with E-state index in [0.717, 1.165) is 24.3 Å². The molecule has 0 radical (unpaired) electrons. The second-order valence-electron chi connectivity index (χ2n) is 5.29. The molecule has 0 aromatic heterocycles. The molecule has 0 spiro atoms. The first-order valence-corrected chi connectivity index (χ1v) is 7.28. The largest absolute Gasteiger partial charge is 0.376 e. The van der Waals surface area contributed by atoms with Crippen LogP contribution in [-0.4, -0.2) is 19.3 Å². The predicted octanol–water partition coefficient (Wildman–Crippen LogP) is 3.60. The lowest BCUT2D eigenvalue weighted by atomic mass is 9.94. The van der Waals surface area contributed by atoms with E-state index in [0.29, 0.717) is 5.92 Å². The first-order chi connectivity index (χ1) is 9.17. The molecule has 1 aliphatic carbocycles. The Labute approximate surface area is 115 Å². The molecule has 2 rings (SSSR count). The van der Waals surface area contributed by atoms with E-state index in [-0.39, 0.29) is 18.0 Å². The topological polar surface area (TPSA) is 21.3 Å². The molecule has 1 aromatic rings. The lowest BCUT2D eigenvalue weighted by Crippen LogP contribution is -2.36. The highest BCUT2D eigenvalue weighted by Gasteiger charge is 2.38. The molecule has 2 nitrogen and oxygen atoms in total. The third-order valence-electron chi connectivity index (χ3n) is 3.77. The molecule has 1 N–H and O–H groups in total. The zero-order chi connectivity index (χ0) is 13.8. The summed E-state index contributed by atoms with van der Waals surface area (Å²) < 4.78 is 19.2. The summed E-state index contributed by atoms with van der Waals surface area (Å²) in [6.07, 6.45) is 2.69. The van der Waals surface area contributed by atoms with Gasteiger partial charge in [0.2, 0.25) is 0 Å². The summed E-state index contributed by atoms with van der Waals surface area (Å²) in [5.41, 5.74) is 2.16. The van der Waals surface area contributed by atoms with Gasteiger partial charge in [0.05, 0.1) is 12.1 Å². The third kappa shape index (κ3) is 3.54. The van der Waals surface area contributed by atoms with Crippen molar-refractivity contribution in [1.82, 2.24) is 5.32 Å². The van der Waals surface area contributed by atoms with Gasteiger partial charge in [-0.2, -0.15) is 0 Å². The van der Waals surface area contributed by atoms with Crippen molar-refractivity contribution in [1.29, 1.82) is 0 Å². The number of hydrogen-bond donors (Lipinski definition) is 1. The summed E-state index contributed by atoms with van der Waals surface area (Å²) in [7, 11) is 0. The van der Waals surface area contributed by atoms with Crippen LogP contribution in [0.4, 0.5) is 4.39 Å². The van der Waals surface area contributed by atoms with E-state index in [1.807, 2.05) is 19.9 Å².